The summed E-state index contributed by atoms with van der Waals surface area (Å²) in [5, 5.41) is 9.39. The molecule has 1 aliphatic rings. The number of hydrogen-bond donors (Lipinski definition) is 1. The minimum Gasteiger partial charge on any atom is -0.508 e. The van der Waals surface area contributed by atoms with Crippen LogP contribution in [-0.4, -0.2) is 19.3 Å². The average Bonchev–Trinajstić information content (AvgIpc) is 2.43. The van der Waals surface area contributed by atoms with Crippen LogP contribution in [0.15, 0.2) is 59.5 Å². The standard InChI is InChI=1S/C15H10O4S/c16-11-6-7-14-12(8-11)13(17)9-15(20(14,18)19)10-4-2-1-3-5-10/h1-9,16H. The van der Waals surface area contributed by atoms with Crippen LogP contribution >= 0.6 is 0 Å². The van der Waals surface area contributed by atoms with Crippen LogP contribution < -0.4 is 0 Å². The molecule has 0 saturated heterocycles. The van der Waals surface area contributed by atoms with Crippen molar-refractivity contribution >= 4 is 20.5 Å². The van der Waals surface area contributed by atoms with Crippen molar-refractivity contribution in [3.8, 4) is 5.75 Å². The van der Waals surface area contributed by atoms with Crippen molar-refractivity contribution in [3.63, 3.8) is 0 Å². The van der Waals surface area contributed by atoms with E-state index >= 15 is 0 Å². The fraction of sp³-hybridized carbons (Fsp3) is 0. The second-order valence-electron chi connectivity index (χ2n) is 4.42. The summed E-state index contributed by atoms with van der Waals surface area (Å²) in [6.07, 6.45) is 1.10. The van der Waals surface area contributed by atoms with Gasteiger partial charge in [0.15, 0.2) is 5.78 Å². The zero-order valence-corrected chi connectivity index (χ0v) is 11.1. The molecule has 1 heterocycles. The molecule has 1 aliphatic heterocycles. The number of sulfone groups is 1. The summed E-state index contributed by atoms with van der Waals surface area (Å²) in [5.41, 5.74) is 0.476. The number of carbonyl (C=O) groups excluding carboxylic acids is 1. The molecule has 0 amide bonds. The molecule has 0 aromatic heterocycles. The Hall–Kier alpha value is -2.40. The van der Waals surface area contributed by atoms with Crippen LogP contribution in [0.5, 0.6) is 5.75 Å². The lowest BCUT2D eigenvalue weighted by Gasteiger charge is -2.17. The molecule has 3 rings (SSSR count). The number of phenols is 1. The molecule has 100 valence electrons. The van der Waals surface area contributed by atoms with Gasteiger partial charge in [-0.15, -0.1) is 0 Å². The molecule has 0 fully saturated rings. The van der Waals surface area contributed by atoms with E-state index in [0.717, 1.165) is 6.08 Å². The zero-order valence-electron chi connectivity index (χ0n) is 10.3. The highest BCUT2D eigenvalue weighted by Gasteiger charge is 2.32. The van der Waals surface area contributed by atoms with Gasteiger partial charge in [0, 0.05) is 11.6 Å². The van der Waals surface area contributed by atoms with Crippen LogP contribution in [0.4, 0.5) is 0 Å². The summed E-state index contributed by atoms with van der Waals surface area (Å²) in [5.74, 6) is -0.562. The summed E-state index contributed by atoms with van der Waals surface area (Å²) in [6, 6.07) is 12.2. The summed E-state index contributed by atoms with van der Waals surface area (Å²) in [4.78, 5) is 12.0. The van der Waals surface area contributed by atoms with E-state index < -0.39 is 15.6 Å². The molecule has 4 nitrogen and oxygen atoms in total. The Morgan fingerprint density at radius 2 is 1.65 bits per heavy atom. The van der Waals surface area contributed by atoms with Gasteiger partial charge in [0.05, 0.1) is 9.80 Å². The molecule has 0 bridgehead atoms. The number of hydrogen-bond acceptors (Lipinski definition) is 4. The maximum atomic E-state index is 12.6. The lowest BCUT2D eigenvalue weighted by molar-refractivity contribution is 0.104. The Bertz CT molecular complexity index is 833. The molecule has 5 heteroatoms. The Kier molecular flexibility index (Phi) is 2.72. The van der Waals surface area contributed by atoms with Gasteiger partial charge in [-0.2, -0.15) is 0 Å². The second-order valence-corrected chi connectivity index (χ2v) is 6.31. The van der Waals surface area contributed by atoms with Crippen LogP contribution in [-0.2, 0) is 9.84 Å². The van der Waals surface area contributed by atoms with E-state index in [0.29, 0.717) is 5.56 Å². The van der Waals surface area contributed by atoms with E-state index in [-0.39, 0.29) is 21.1 Å². The van der Waals surface area contributed by atoms with E-state index in [1.54, 1.807) is 30.3 Å². The molecule has 2 aromatic carbocycles. The van der Waals surface area contributed by atoms with Crippen molar-refractivity contribution in [2.24, 2.45) is 0 Å². The number of ketones is 1. The van der Waals surface area contributed by atoms with Crippen LogP contribution in [0.3, 0.4) is 0 Å². The summed E-state index contributed by atoms with van der Waals surface area (Å²) in [7, 11) is -3.76. The first-order valence-corrected chi connectivity index (χ1v) is 7.38. The lowest BCUT2D eigenvalue weighted by Crippen LogP contribution is -2.16. The highest BCUT2D eigenvalue weighted by Crippen LogP contribution is 2.35. The van der Waals surface area contributed by atoms with Crippen LogP contribution in [0.25, 0.3) is 4.91 Å². The van der Waals surface area contributed by atoms with Gasteiger partial charge in [0.25, 0.3) is 0 Å². The molecule has 0 saturated carbocycles. The van der Waals surface area contributed by atoms with Gasteiger partial charge in [-0.3, -0.25) is 4.79 Å². The molecule has 0 spiro atoms. The number of rotatable bonds is 1. The fourth-order valence-electron chi connectivity index (χ4n) is 2.18. The number of carbonyl (C=O) groups is 1. The lowest BCUT2D eigenvalue weighted by atomic mass is 10.1. The quantitative estimate of drug-likeness (QED) is 0.873. The van der Waals surface area contributed by atoms with Gasteiger partial charge in [-0.1, -0.05) is 30.3 Å². The Morgan fingerprint density at radius 3 is 2.35 bits per heavy atom. The van der Waals surface area contributed by atoms with Gasteiger partial charge in [-0.25, -0.2) is 8.42 Å². The number of benzene rings is 2. The van der Waals surface area contributed by atoms with E-state index in [1.165, 1.54) is 18.2 Å². The minimum absolute atomic E-state index is 0.00433. The summed E-state index contributed by atoms with van der Waals surface area (Å²) < 4.78 is 25.1. The molecule has 0 radical (unpaired) electrons. The molecular weight excluding hydrogens is 276 g/mol. The highest BCUT2D eigenvalue weighted by molar-refractivity contribution is 8.00. The normalized spacial score (nSPS) is 16.4. The number of phenolic OH excluding ortho intramolecular Hbond substituents is 1. The molecule has 0 atom stereocenters. The van der Waals surface area contributed by atoms with Gasteiger partial charge in [0.2, 0.25) is 9.84 Å². The third-order valence-electron chi connectivity index (χ3n) is 3.13. The monoisotopic (exact) mass is 286 g/mol. The highest BCUT2D eigenvalue weighted by atomic mass is 32.2. The van der Waals surface area contributed by atoms with Crippen molar-refractivity contribution in [2.45, 2.75) is 4.90 Å². The third-order valence-corrected chi connectivity index (χ3v) is 5.00. The van der Waals surface area contributed by atoms with Crippen molar-refractivity contribution in [2.75, 3.05) is 0 Å². The van der Waals surface area contributed by atoms with E-state index in [4.69, 9.17) is 0 Å². The van der Waals surface area contributed by atoms with E-state index in [2.05, 4.69) is 0 Å². The fourth-order valence-corrected chi connectivity index (χ4v) is 3.82. The molecule has 20 heavy (non-hydrogen) atoms. The number of fused-ring (bicyclic) bond motifs is 1. The maximum Gasteiger partial charge on any atom is 0.208 e. The number of allylic oxidation sites excluding steroid dienone is 1. The smallest absolute Gasteiger partial charge is 0.208 e. The first-order chi connectivity index (χ1) is 9.50. The first kappa shape index (κ1) is 12.6. The molecule has 2 aromatic rings. The predicted octanol–water partition coefficient (Wildman–Crippen LogP) is 2.40. The van der Waals surface area contributed by atoms with Gasteiger partial charge in [0.1, 0.15) is 5.75 Å². The van der Waals surface area contributed by atoms with Crippen LogP contribution in [0.1, 0.15) is 15.9 Å². The van der Waals surface area contributed by atoms with E-state index in [1.807, 2.05) is 0 Å². The topological polar surface area (TPSA) is 71.4 Å². The molecule has 0 aliphatic carbocycles. The minimum atomic E-state index is -3.76. The molecule has 1 N–H and O–H groups in total. The molecule has 0 unspecified atom stereocenters. The van der Waals surface area contributed by atoms with Crippen molar-refractivity contribution in [3.05, 3.63) is 65.7 Å². The second kappa shape index (κ2) is 4.31. The van der Waals surface area contributed by atoms with Gasteiger partial charge in [-0.05, 0) is 23.8 Å². The molecular formula is C15H10O4S. The number of aromatic hydroxyl groups is 1. The Balaban J connectivity index is 2.28. The van der Waals surface area contributed by atoms with Crippen LogP contribution in [0, 0.1) is 0 Å². The van der Waals surface area contributed by atoms with E-state index in [9.17, 15) is 18.3 Å². The third kappa shape index (κ3) is 1.83. The van der Waals surface area contributed by atoms with Gasteiger partial charge < -0.3 is 5.11 Å². The van der Waals surface area contributed by atoms with Crippen molar-refractivity contribution < 1.29 is 18.3 Å². The maximum absolute atomic E-state index is 12.6. The van der Waals surface area contributed by atoms with Gasteiger partial charge >= 0.3 is 0 Å². The largest absolute Gasteiger partial charge is 0.508 e. The van der Waals surface area contributed by atoms with Crippen LogP contribution in [0.2, 0.25) is 0 Å². The first-order valence-electron chi connectivity index (χ1n) is 5.90. The summed E-state index contributed by atoms with van der Waals surface area (Å²) in [6.45, 7) is 0. The predicted molar refractivity (Wildman–Crippen MR) is 74.0 cm³/mol. The zero-order chi connectivity index (χ0) is 14.3. The average molecular weight is 286 g/mol. The Morgan fingerprint density at radius 1 is 0.950 bits per heavy atom. The Labute approximate surface area is 115 Å². The van der Waals surface area contributed by atoms with Crippen molar-refractivity contribution in [1.82, 2.24) is 0 Å². The SMILES string of the molecule is O=C1C=C(c2ccccc2)S(=O)(=O)c2ccc(O)cc21. The summed E-state index contributed by atoms with van der Waals surface area (Å²) >= 11 is 0. The van der Waals surface area contributed by atoms with Crippen molar-refractivity contribution in [1.29, 1.82) is 0 Å².